The molecule has 0 unspecified atom stereocenters. The van der Waals surface area contributed by atoms with Gasteiger partial charge in [-0.1, -0.05) is 61.3 Å². The van der Waals surface area contributed by atoms with Crippen molar-refractivity contribution < 1.29 is 4.39 Å². The fourth-order valence-corrected chi connectivity index (χ4v) is 6.46. The third-order valence-corrected chi connectivity index (χ3v) is 8.77. The van der Waals surface area contributed by atoms with Gasteiger partial charge in [0.15, 0.2) is 0 Å². The van der Waals surface area contributed by atoms with E-state index in [0.717, 1.165) is 52.0 Å². The Morgan fingerprint density at radius 2 is 1.72 bits per heavy atom. The highest BCUT2D eigenvalue weighted by Gasteiger charge is 2.43. The molecule has 39 heavy (non-hydrogen) atoms. The highest BCUT2D eigenvalue weighted by Crippen LogP contribution is 2.46. The second-order valence-electron chi connectivity index (χ2n) is 10.7. The maximum absolute atomic E-state index is 14.8. The molecule has 0 spiro atoms. The van der Waals surface area contributed by atoms with E-state index >= 15 is 0 Å². The fraction of sp³-hybridized carbons (Fsp3) is 0.281. The normalized spacial score (nSPS) is 14.8. The Labute approximate surface area is 238 Å². The van der Waals surface area contributed by atoms with Crippen LogP contribution in [0, 0.1) is 5.82 Å². The molecule has 0 radical (unpaired) electrons. The molecule has 2 aromatic heterocycles. The van der Waals surface area contributed by atoms with Crippen molar-refractivity contribution in [3.05, 3.63) is 105 Å². The lowest BCUT2D eigenvalue weighted by Gasteiger charge is -2.32. The van der Waals surface area contributed by atoms with Gasteiger partial charge in [0.25, 0.3) is 0 Å². The quantitative estimate of drug-likeness (QED) is 0.225. The number of rotatable bonds is 6. The molecule has 200 valence electrons. The molecule has 0 saturated heterocycles. The smallest absolute Gasteiger partial charge is 0.147 e. The van der Waals surface area contributed by atoms with Crippen LogP contribution < -0.4 is 0 Å². The van der Waals surface area contributed by atoms with Crippen LogP contribution in [0.4, 0.5) is 4.39 Å². The van der Waals surface area contributed by atoms with Crippen LogP contribution in [-0.4, -0.2) is 19.7 Å². The van der Waals surface area contributed by atoms with Gasteiger partial charge in [-0.15, -0.1) is 0 Å². The summed E-state index contributed by atoms with van der Waals surface area (Å²) in [4.78, 5) is 5.49. The van der Waals surface area contributed by atoms with E-state index in [0.29, 0.717) is 28.7 Å². The summed E-state index contributed by atoms with van der Waals surface area (Å²) >= 11 is 12.8. The van der Waals surface area contributed by atoms with Gasteiger partial charge in [-0.05, 0) is 73.7 Å². The Bertz CT molecular complexity index is 1690. The van der Waals surface area contributed by atoms with Gasteiger partial charge in [-0.25, -0.2) is 9.07 Å². The molecule has 0 aliphatic carbocycles. The zero-order chi connectivity index (χ0) is 27.5. The number of fused-ring (bicyclic) bond motifs is 2. The maximum atomic E-state index is 14.8. The molecule has 0 fully saturated rings. The summed E-state index contributed by atoms with van der Waals surface area (Å²) in [5.74, 6) is -0.260. The van der Waals surface area contributed by atoms with E-state index in [1.165, 1.54) is 11.1 Å². The van der Waals surface area contributed by atoms with Crippen LogP contribution >= 0.6 is 23.2 Å². The first kappa shape index (κ1) is 26.1. The molecule has 1 N–H and O–H groups in total. The van der Waals surface area contributed by atoms with Crippen LogP contribution in [-0.2, 0) is 31.5 Å². The molecule has 1 aliphatic rings. The highest BCUT2D eigenvalue weighted by atomic mass is 35.5. The summed E-state index contributed by atoms with van der Waals surface area (Å²) < 4.78 is 16.9. The largest absolute Gasteiger partial charge is 0.359 e. The van der Waals surface area contributed by atoms with Crippen LogP contribution in [0.1, 0.15) is 55.6 Å². The topological polar surface area (TPSA) is 36.9 Å². The molecule has 1 aliphatic heterocycles. The van der Waals surface area contributed by atoms with Crippen molar-refractivity contribution >= 4 is 34.1 Å². The summed E-state index contributed by atoms with van der Waals surface area (Å²) in [5, 5.41) is 7.50. The number of aryl methyl sites for hydroxylation is 2. The first-order valence-corrected chi connectivity index (χ1v) is 14.2. The third kappa shape index (κ3) is 4.19. The number of nitrogens with one attached hydrogen (secondary N) is 1. The van der Waals surface area contributed by atoms with E-state index in [1.54, 1.807) is 18.3 Å². The van der Waals surface area contributed by atoms with E-state index in [4.69, 9.17) is 28.3 Å². The van der Waals surface area contributed by atoms with Gasteiger partial charge in [0.1, 0.15) is 5.82 Å². The minimum atomic E-state index is -0.358. The van der Waals surface area contributed by atoms with Gasteiger partial charge in [0.05, 0.1) is 28.1 Å². The second-order valence-corrected chi connectivity index (χ2v) is 11.6. The summed E-state index contributed by atoms with van der Waals surface area (Å²) in [6.45, 7) is 10.1. The molecule has 7 heteroatoms. The number of nitrogens with zero attached hydrogens (tertiary/aromatic N) is 3. The predicted octanol–water partition coefficient (Wildman–Crippen LogP) is 8.84. The van der Waals surface area contributed by atoms with E-state index in [9.17, 15) is 4.39 Å². The van der Waals surface area contributed by atoms with Crippen LogP contribution in [0.25, 0.3) is 27.8 Å². The zero-order valence-electron chi connectivity index (χ0n) is 22.6. The molecule has 4 nitrogen and oxygen atoms in total. The molecule has 3 aromatic carbocycles. The first-order valence-electron chi connectivity index (χ1n) is 13.4. The molecule has 0 bridgehead atoms. The molecular weight excluding hydrogens is 530 g/mol. The Morgan fingerprint density at radius 1 is 0.974 bits per heavy atom. The summed E-state index contributed by atoms with van der Waals surface area (Å²) in [6, 6.07) is 17.6. The molecule has 0 amide bonds. The number of H-pyrrole nitrogens is 1. The maximum Gasteiger partial charge on any atom is 0.147 e. The Balaban J connectivity index is 1.59. The lowest BCUT2D eigenvalue weighted by Crippen LogP contribution is -2.36. The van der Waals surface area contributed by atoms with Crippen LogP contribution in [0.2, 0.25) is 10.0 Å². The Hall–Kier alpha value is -3.12. The van der Waals surface area contributed by atoms with Crippen LogP contribution in [0.15, 0.2) is 60.8 Å². The number of hydrogen-bond acceptors (Lipinski definition) is 2. The number of benzene rings is 3. The van der Waals surface area contributed by atoms with E-state index in [1.807, 2.05) is 24.3 Å². The Kier molecular flexibility index (Phi) is 6.57. The summed E-state index contributed by atoms with van der Waals surface area (Å²) in [7, 11) is 0. The van der Waals surface area contributed by atoms with Gasteiger partial charge >= 0.3 is 0 Å². The number of halogens is 3. The third-order valence-electron chi connectivity index (χ3n) is 8.18. The van der Waals surface area contributed by atoms with Crippen molar-refractivity contribution in [2.75, 3.05) is 0 Å². The molecular formula is C32H31Cl2FN4. The first-order chi connectivity index (χ1) is 18.7. The van der Waals surface area contributed by atoms with E-state index in [2.05, 4.69) is 60.5 Å². The number of aromatic nitrogens is 3. The Morgan fingerprint density at radius 3 is 2.41 bits per heavy atom. The van der Waals surface area contributed by atoms with E-state index < -0.39 is 0 Å². The highest BCUT2D eigenvalue weighted by molar-refractivity contribution is 6.35. The van der Waals surface area contributed by atoms with Crippen molar-refractivity contribution in [1.82, 2.24) is 19.7 Å². The SMILES string of the molecule is CCc1cccc(CC)c1-n1nc2c(c1-c1ccc(F)c3[nH]ccc13)CN(Cc1ccc(Cl)cc1Cl)C2(C)C. The standard InChI is InChI=1S/C32H31Cl2FN4/c1-5-19-8-7-9-20(6-2)29(19)39-30(24-12-13-27(35)28-23(24)14-15-36-28)25-18-38(32(3,4)31(25)37-39)17-21-10-11-22(33)16-26(21)34/h7-16,36H,5-6,17-18H2,1-4H3. The zero-order valence-corrected chi connectivity index (χ0v) is 24.1. The second kappa shape index (κ2) is 9.81. The minimum Gasteiger partial charge on any atom is -0.359 e. The number of hydrogen-bond donors (Lipinski definition) is 1. The van der Waals surface area contributed by atoms with Crippen LogP contribution in [0.3, 0.4) is 0 Å². The molecule has 5 aromatic rings. The average Bonchev–Trinajstić information content (AvgIpc) is 3.61. The molecule has 3 heterocycles. The van der Waals surface area contributed by atoms with Gasteiger partial charge in [-0.3, -0.25) is 4.90 Å². The van der Waals surface area contributed by atoms with Crippen molar-refractivity contribution in [3.8, 4) is 16.9 Å². The van der Waals surface area contributed by atoms with Crippen molar-refractivity contribution in [3.63, 3.8) is 0 Å². The lowest BCUT2D eigenvalue weighted by molar-refractivity contribution is 0.123. The van der Waals surface area contributed by atoms with E-state index in [-0.39, 0.29) is 11.4 Å². The van der Waals surface area contributed by atoms with Gasteiger partial charge in [0, 0.05) is 45.8 Å². The predicted molar refractivity (Wildman–Crippen MR) is 158 cm³/mol. The summed E-state index contributed by atoms with van der Waals surface area (Å²) in [5.41, 5.74) is 8.96. The summed E-state index contributed by atoms with van der Waals surface area (Å²) in [6.07, 6.45) is 3.58. The molecule has 6 rings (SSSR count). The molecule has 0 saturated carbocycles. The van der Waals surface area contributed by atoms with Gasteiger partial charge in [-0.2, -0.15) is 5.10 Å². The van der Waals surface area contributed by atoms with Crippen LogP contribution in [0.5, 0.6) is 0 Å². The fourth-order valence-electron chi connectivity index (χ4n) is 5.99. The molecule has 0 atom stereocenters. The van der Waals surface area contributed by atoms with Crippen molar-refractivity contribution in [1.29, 1.82) is 0 Å². The monoisotopic (exact) mass is 560 g/mol. The van der Waals surface area contributed by atoms with Gasteiger partial charge in [0.2, 0.25) is 0 Å². The average molecular weight is 562 g/mol. The number of aromatic amines is 1. The lowest BCUT2D eigenvalue weighted by atomic mass is 9.97. The van der Waals surface area contributed by atoms with Crippen molar-refractivity contribution in [2.24, 2.45) is 0 Å². The number of para-hydroxylation sites is 1. The minimum absolute atomic E-state index is 0.260. The van der Waals surface area contributed by atoms with Gasteiger partial charge < -0.3 is 4.98 Å². The van der Waals surface area contributed by atoms with Crippen molar-refractivity contribution in [2.45, 2.75) is 59.2 Å².